The van der Waals surface area contributed by atoms with Crippen LogP contribution in [0.4, 0.5) is 4.39 Å². The summed E-state index contributed by atoms with van der Waals surface area (Å²) in [6.45, 7) is 1.30. The topological polar surface area (TPSA) is 177 Å². The molecule has 5 aromatic rings. The number of primary amides is 1. The minimum Gasteiger partial charge on any atom is -0.368 e. The molecule has 0 aliphatic heterocycles. The highest BCUT2D eigenvalue weighted by Gasteiger charge is 2.32. The summed E-state index contributed by atoms with van der Waals surface area (Å²) in [7, 11) is 0. The molecule has 292 valence electrons. The van der Waals surface area contributed by atoms with Crippen LogP contribution in [0.2, 0.25) is 0 Å². The Morgan fingerprint density at radius 3 is 1.63 bits per heavy atom. The van der Waals surface area contributed by atoms with Gasteiger partial charge >= 0.3 is 0 Å². The summed E-state index contributed by atoms with van der Waals surface area (Å²) in [6, 6.07) is 35.3. The number of rotatable bonds is 18. The Bertz CT molecular complexity index is 2170. The molecule has 0 bridgehead atoms. The molecule has 0 saturated heterocycles. The van der Waals surface area contributed by atoms with Gasteiger partial charge in [-0.2, -0.15) is 0 Å². The quantitative estimate of drug-likeness (QED) is 0.0848. The molecule has 57 heavy (non-hydrogen) atoms. The van der Waals surface area contributed by atoms with E-state index < -0.39 is 65.3 Å². The molecular formula is C45H44FN5O6. The lowest BCUT2D eigenvalue weighted by Gasteiger charge is -2.23. The summed E-state index contributed by atoms with van der Waals surface area (Å²) >= 11 is 0. The normalized spacial score (nSPS) is 12.9. The monoisotopic (exact) mass is 769 g/mol. The van der Waals surface area contributed by atoms with Crippen LogP contribution < -0.4 is 27.0 Å². The van der Waals surface area contributed by atoms with Gasteiger partial charge in [-0.1, -0.05) is 127 Å². The first-order valence-corrected chi connectivity index (χ1v) is 18.5. The van der Waals surface area contributed by atoms with E-state index in [0.717, 1.165) is 22.3 Å². The number of amides is 5. The molecule has 0 aromatic heterocycles. The van der Waals surface area contributed by atoms with E-state index in [1.807, 2.05) is 66.7 Å². The third kappa shape index (κ3) is 12.5. The van der Waals surface area contributed by atoms with E-state index >= 15 is 0 Å². The number of hydrogen-bond acceptors (Lipinski definition) is 6. The first-order valence-electron chi connectivity index (χ1n) is 18.5. The van der Waals surface area contributed by atoms with Crippen molar-refractivity contribution in [2.45, 2.75) is 56.8 Å². The van der Waals surface area contributed by atoms with Crippen molar-refractivity contribution in [3.05, 3.63) is 168 Å². The number of hydrogen-bond donors (Lipinski definition) is 5. The van der Waals surface area contributed by atoms with Gasteiger partial charge in [-0.25, -0.2) is 4.39 Å². The van der Waals surface area contributed by atoms with Gasteiger partial charge < -0.3 is 27.0 Å². The summed E-state index contributed by atoms with van der Waals surface area (Å²) < 4.78 is 14.2. The Kier molecular flexibility index (Phi) is 14.5. The summed E-state index contributed by atoms with van der Waals surface area (Å²) in [5.41, 5.74) is 10.2. The van der Waals surface area contributed by atoms with Crippen LogP contribution in [0.15, 0.2) is 140 Å². The summed E-state index contributed by atoms with van der Waals surface area (Å²) in [5.74, 6) is -5.67. The van der Waals surface area contributed by atoms with Crippen molar-refractivity contribution in [3.8, 4) is 11.1 Å². The van der Waals surface area contributed by atoms with Crippen LogP contribution in [-0.4, -0.2) is 59.5 Å². The van der Waals surface area contributed by atoms with E-state index in [0.29, 0.717) is 11.1 Å². The molecule has 0 aliphatic rings. The van der Waals surface area contributed by atoms with Crippen LogP contribution in [0.3, 0.4) is 0 Å². The van der Waals surface area contributed by atoms with Crippen LogP contribution >= 0.6 is 0 Å². The van der Waals surface area contributed by atoms with Crippen molar-refractivity contribution < 1.29 is 33.2 Å². The molecule has 0 heterocycles. The summed E-state index contributed by atoms with van der Waals surface area (Å²) in [4.78, 5) is 79.6. The number of carbonyl (C=O) groups excluding carboxylic acids is 6. The van der Waals surface area contributed by atoms with Gasteiger partial charge in [-0.3, -0.25) is 28.8 Å². The highest BCUT2D eigenvalue weighted by Crippen LogP contribution is 2.20. The van der Waals surface area contributed by atoms with E-state index in [9.17, 15) is 33.2 Å². The van der Waals surface area contributed by atoms with Crippen LogP contribution in [0.1, 0.15) is 29.2 Å². The zero-order valence-electron chi connectivity index (χ0n) is 31.3. The SMILES string of the molecule is CC(NC(=O)[C@H](Cc1ccccc1)NC(=O)Cc1ccccc1)C(=O)C(=O)N[C@@H](Cc1cccc(F)c1)C(=O)N[C@@H](Cc1ccc(-c2ccccc2)cc1)C(N)=O. The van der Waals surface area contributed by atoms with Crippen LogP contribution in [0.25, 0.3) is 11.1 Å². The zero-order chi connectivity index (χ0) is 40.7. The van der Waals surface area contributed by atoms with Crippen molar-refractivity contribution >= 4 is 35.3 Å². The highest BCUT2D eigenvalue weighted by atomic mass is 19.1. The van der Waals surface area contributed by atoms with E-state index in [1.165, 1.54) is 25.1 Å². The molecule has 0 aliphatic carbocycles. The van der Waals surface area contributed by atoms with Crippen LogP contribution in [0, 0.1) is 5.82 Å². The van der Waals surface area contributed by atoms with Crippen molar-refractivity contribution in [2.75, 3.05) is 0 Å². The van der Waals surface area contributed by atoms with Gasteiger partial charge in [0.25, 0.3) is 5.91 Å². The smallest absolute Gasteiger partial charge is 0.290 e. The van der Waals surface area contributed by atoms with E-state index in [1.54, 1.807) is 54.6 Å². The first kappa shape index (κ1) is 41.2. The maximum atomic E-state index is 14.2. The van der Waals surface area contributed by atoms with Crippen molar-refractivity contribution in [1.82, 2.24) is 21.3 Å². The largest absolute Gasteiger partial charge is 0.368 e. The Hall–Kier alpha value is -6.95. The summed E-state index contributed by atoms with van der Waals surface area (Å²) in [5, 5.41) is 10.2. The number of ketones is 1. The van der Waals surface area contributed by atoms with Crippen molar-refractivity contribution in [3.63, 3.8) is 0 Å². The molecule has 0 radical (unpaired) electrons. The maximum Gasteiger partial charge on any atom is 0.290 e. The summed E-state index contributed by atoms with van der Waals surface area (Å²) in [6.07, 6.45) is -0.0887. The molecule has 0 fully saturated rings. The van der Waals surface area contributed by atoms with Gasteiger partial charge in [-0.05, 0) is 52.4 Å². The number of benzene rings is 5. The lowest BCUT2D eigenvalue weighted by atomic mass is 9.99. The molecule has 4 atom stereocenters. The van der Waals surface area contributed by atoms with Gasteiger partial charge in [0.1, 0.15) is 23.9 Å². The zero-order valence-corrected chi connectivity index (χ0v) is 31.3. The number of halogens is 1. The molecule has 0 saturated carbocycles. The molecule has 6 N–H and O–H groups in total. The van der Waals surface area contributed by atoms with Gasteiger partial charge in [0, 0.05) is 19.3 Å². The minimum atomic E-state index is -1.45. The molecule has 5 aromatic carbocycles. The van der Waals surface area contributed by atoms with E-state index in [-0.39, 0.29) is 25.7 Å². The van der Waals surface area contributed by atoms with E-state index in [2.05, 4.69) is 21.3 Å². The molecule has 0 spiro atoms. The first-order chi connectivity index (χ1) is 27.4. The van der Waals surface area contributed by atoms with Gasteiger partial charge in [0.05, 0.1) is 12.5 Å². The molecule has 5 rings (SSSR count). The number of nitrogens with one attached hydrogen (secondary N) is 4. The highest BCUT2D eigenvalue weighted by molar-refractivity contribution is 6.38. The predicted molar refractivity (Wildman–Crippen MR) is 214 cm³/mol. The molecule has 12 heteroatoms. The van der Waals surface area contributed by atoms with E-state index in [4.69, 9.17) is 5.73 Å². The Labute approximate surface area is 330 Å². The molecule has 5 amide bonds. The Morgan fingerprint density at radius 2 is 1.02 bits per heavy atom. The molecular weight excluding hydrogens is 726 g/mol. The van der Waals surface area contributed by atoms with Crippen molar-refractivity contribution in [2.24, 2.45) is 5.73 Å². The Balaban J connectivity index is 1.26. The van der Waals surface area contributed by atoms with Crippen LogP contribution in [-0.2, 0) is 54.5 Å². The lowest BCUT2D eigenvalue weighted by Crippen LogP contribution is -2.57. The average molecular weight is 770 g/mol. The third-order valence-corrected chi connectivity index (χ3v) is 9.23. The number of carbonyl (C=O) groups is 6. The molecule has 11 nitrogen and oxygen atoms in total. The second-order valence-electron chi connectivity index (χ2n) is 13.7. The number of nitrogens with two attached hydrogens (primary N) is 1. The fourth-order valence-electron chi connectivity index (χ4n) is 6.19. The Morgan fingerprint density at radius 1 is 0.526 bits per heavy atom. The number of Topliss-reactive ketones (excluding diaryl/α,β-unsaturated/α-hetero) is 1. The standard InChI is InChI=1S/C45H44FN5O6/c1-29(48-43(55)38(26-30-12-5-2-6-13-30)49-40(52)28-31-14-7-3-8-15-31)41(53)45(57)51-39(27-33-16-11-19-36(46)24-33)44(56)50-37(42(47)54)25-32-20-22-35(23-21-32)34-17-9-4-10-18-34/h2-24,29,37-39H,25-28H2,1H3,(H2,47,54)(H,48,55)(H,49,52)(H,50,56)(H,51,57)/t29?,37-,38-,39-/m0/s1. The van der Waals surface area contributed by atoms with Gasteiger partial charge in [-0.15, -0.1) is 0 Å². The maximum absolute atomic E-state index is 14.2. The van der Waals surface area contributed by atoms with Crippen molar-refractivity contribution in [1.29, 1.82) is 0 Å². The van der Waals surface area contributed by atoms with Crippen LogP contribution in [0.5, 0.6) is 0 Å². The average Bonchev–Trinajstić information content (AvgIpc) is 3.21. The fraction of sp³-hybridized carbons (Fsp3) is 0.200. The predicted octanol–water partition coefficient (Wildman–Crippen LogP) is 3.78. The molecule has 1 unspecified atom stereocenters. The second kappa shape index (κ2) is 20.1. The van der Waals surface area contributed by atoms with Gasteiger partial charge in [0.15, 0.2) is 0 Å². The fourth-order valence-corrected chi connectivity index (χ4v) is 6.19. The lowest BCUT2D eigenvalue weighted by molar-refractivity contribution is -0.141. The van der Waals surface area contributed by atoms with Gasteiger partial charge in [0.2, 0.25) is 29.4 Å². The third-order valence-electron chi connectivity index (χ3n) is 9.23. The minimum absolute atomic E-state index is 0.0161. The second-order valence-corrected chi connectivity index (χ2v) is 13.7.